The van der Waals surface area contributed by atoms with Crippen molar-refractivity contribution in [2.75, 3.05) is 13.2 Å². The smallest absolute Gasteiger partial charge is 0.0662 e. The predicted octanol–water partition coefficient (Wildman–Crippen LogP) is 1.17. The summed E-state index contributed by atoms with van der Waals surface area (Å²) in [5.41, 5.74) is 0. The van der Waals surface area contributed by atoms with Crippen LogP contribution in [-0.2, 0) is 0 Å². The Morgan fingerprint density at radius 2 is 1.22 bits per heavy atom. The molecule has 0 unspecified atom stereocenters. The van der Waals surface area contributed by atoms with Crippen molar-refractivity contribution in [3.05, 3.63) is 0 Å². The van der Waals surface area contributed by atoms with Crippen LogP contribution in [0.2, 0.25) is 0 Å². The van der Waals surface area contributed by atoms with Crippen LogP contribution >= 0.6 is 0 Å². The largest absolute Gasteiger partial charge is 0.394 e. The molecule has 0 saturated heterocycles. The third kappa shape index (κ3) is 32.6. The van der Waals surface area contributed by atoms with Crippen molar-refractivity contribution in [3.8, 4) is 0 Å². The number of aliphatic hydroxyl groups excluding tert-OH is 2. The highest BCUT2D eigenvalue weighted by molar-refractivity contribution is 4.24. The van der Waals surface area contributed by atoms with E-state index in [0.29, 0.717) is 0 Å². The Labute approximate surface area is 57.5 Å². The molecule has 0 atom stereocenters. The van der Waals surface area contributed by atoms with Gasteiger partial charge in [-0.15, -0.1) is 0 Å². The van der Waals surface area contributed by atoms with Gasteiger partial charge in [0.05, 0.1) is 13.2 Å². The van der Waals surface area contributed by atoms with E-state index in [0.717, 1.165) is 0 Å². The summed E-state index contributed by atoms with van der Waals surface area (Å²) in [6.07, 6.45) is 4.08. The minimum absolute atomic E-state index is 0.125. The normalized spacial score (nSPS) is 8.00. The van der Waals surface area contributed by atoms with Crippen molar-refractivity contribution >= 4 is 0 Å². The summed E-state index contributed by atoms with van der Waals surface area (Å²) < 4.78 is 0. The number of rotatable bonds is 3. The van der Waals surface area contributed by atoms with Gasteiger partial charge in [-0.05, 0) is 0 Å². The van der Waals surface area contributed by atoms with E-state index in [1.54, 1.807) is 0 Å². The summed E-state index contributed by atoms with van der Waals surface area (Å²) in [4.78, 5) is 0. The minimum atomic E-state index is -0.125. The second-order valence-corrected chi connectivity index (χ2v) is 1.80. The average molecular weight is 134 g/mol. The maximum Gasteiger partial charge on any atom is 0.0662 e. The first-order valence-electron chi connectivity index (χ1n) is 3.55. The molecule has 58 valence electrons. The van der Waals surface area contributed by atoms with E-state index in [4.69, 9.17) is 10.2 Å². The summed E-state index contributed by atoms with van der Waals surface area (Å²) in [5.74, 6) is 0. The number of hydrogen-bond acceptors (Lipinski definition) is 2. The maximum atomic E-state index is 7.62. The van der Waals surface area contributed by atoms with Crippen LogP contribution < -0.4 is 0 Å². The van der Waals surface area contributed by atoms with Gasteiger partial charge in [-0.25, -0.2) is 0 Å². The summed E-state index contributed by atoms with van der Waals surface area (Å²) in [7, 11) is 0. The lowest BCUT2D eigenvalue weighted by Gasteiger charge is -1.79. The van der Waals surface area contributed by atoms with Crippen molar-refractivity contribution in [3.63, 3.8) is 0 Å². The molecule has 0 aliphatic carbocycles. The maximum absolute atomic E-state index is 7.62. The molecule has 0 bridgehead atoms. The van der Waals surface area contributed by atoms with Crippen molar-refractivity contribution in [1.82, 2.24) is 0 Å². The molecule has 0 aromatic carbocycles. The molecule has 0 heterocycles. The van der Waals surface area contributed by atoms with Crippen LogP contribution in [0.15, 0.2) is 0 Å². The molecule has 0 aromatic heterocycles. The molecule has 0 saturated carbocycles. The van der Waals surface area contributed by atoms with E-state index in [-0.39, 0.29) is 13.2 Å². The third-order valence-corrected chi connectivity index (χ3v) is 0.807. The lowest BCUT2D eigenvalue weighted by Crippen LogP contribution is -1.85. The molecule has 9 heavy (non-hydrogen) atoms. The van der Waals surface area contributed by atoms with Crippen LogP contribution in [0.4, 0.5) is 0 Å². The Hall–Kier alpha value is -0.0800. The molecule has 2 heteroatoms. The number of aliphatic hydroxyl groups is 2. The van der Waals surface area contributed by atoms with E-state index in [9.17, 15) is 0 Å². The van der Waals surface area contributed by atoms with E-state index >= 15 is 0 Å². The third-order valence-electron chi connectivity index (χ3n) is 0.807. The van der Waals surface area contributed by atoms with Crippen molar-refractivity contribution in [1.29, 1.82) is 0 Å². The Kier molecular flexibility index (Phi) is 20.3. The van der Waals surface area contributed by atoms with Gasteiger partial charge < -0.3 is 10.2 Å². The monoisotopic (exact) mass is 134 g/mol. The molecule has 0 rings (SSSR count). The van der Waals surface area contributed by atoms with E-state index in [2.05, 4.69) is 13.8 Å². The van der Waals surface area contributed by atoms with E-state index in [1.165, 1.54) is 19.3 Å². The lowest BCUT2D eigenvalue weighted by molar-refractivity contribution is 0.186. The van der Waals surface area contributed by atoms with Gasteiger partial charge in [-0.3, -0.25) is 0 Å². The summed E-state index contributed by atoms with van der Waals surface area (Å²) in [6.45, 7) is 4.17. The fourth-order valence-corrected chi connectivity index (χ4v) is 0.354. The Balaban J connectivity index is 0. The molecular formula is C7H18O2. The van der Waals surface area contributed by atoms with Gasteiger partial charge in [0.2, 0.25) is 0 Å². The predicted molar refractivity (Wildman–Crippen MR) is 39.4 cm³/mol. The van der Waals surface area contributed by atoms with Gasteiger partial charge in [-0.2, -0.15) is 0 Å². The zero-order chi connectivity index (χ0) is 7.54. The van der Waals surface area contributed by atoms with Crippen molar-refractivity contribution < 1.29 is 10.2 Å². The standard InChI is InChI=1S/C5H12.C2H6O2/c1-3-5-4-2;3-1-2-4/h3-5H2,1-2H3;3-4H,1-2H2. The van der Waals surface area contributed by atoms with Gasteiger partial charge in [0, 0.05) is 0 Å². The second kappa shape index (κ2) is 15.7. The minimum Gasteiger partial charge on any atom is -0.394 e. The number of hydrogen-bond donors (Lipinski definition) is 2. The van der Waals surface area contributed by atoms with Crippen LogP contribution in [0, 0.1) is 0 Å². The van der Waals surface area contributed by atoms with Crippen molar-refractivity contribution in [2.24, 2.45) is 0 Å². The molecule has 0 amide bonds. The summed E-state index contributed by atoms with van der Waals surface area (Å²) >= 11 is 0. The Bertz CT molecular complexity index is 26.1. The molecule has 0 fully saturated rings. The molecule has 2 nitrogen and oxygen atoms in total. The topological polar surface area (TPSA) is 40.5 Å². The quantitative estimate of drug-likeness (QED) is 0.608. The van der Waals surface area contributed by atoms with E-state index < -0.39 is 0 Å². The molecule has 0 aliphatic rings. The molecule has 0 radical (unpaired) electrons. The lowest BCUT2D eigenvalue weighted by atomic mass is 10.3. The van der Waals surface area contributed by atoms with Gasteiger partial charge in [-0.1, -0.05) is 33.1 Å². The van der Waals surface area contributed by atoms with Gasteiger partial charge >= 0.3 is 0 Å². The molecule has 2 N–H and O–H groups in total. The first-order chi connectivity index (χ1) is 4.33. The number of unbranched alkanes of at least 4 members (excludes halogenated alkanes) is 2. The van der Waals surface area contributed by atoms with Crippen LogP contribution in [0.5, 0.6) is 0 Å². The molecule has 0 aromatic rings. The van der Waals surface area contributed by atoms with Gasteiger partial charge in [0.15, 0.2) is 0 Å². The fraction of sp³-hybridized carbons (Fsp3) is 1.00. The summed E-state index contributed by atoms with van der Waals surface area (Å²) in [6, 6.07) is 0. The van der Waals surface area contributed by atoms with Crippen LogP contribution in [-0.4, -0.2) is 23.4 Å². The molecule has 0 aliphatic heterocycles. The van der Waals surface area contributed by atoms with Crippen LogP contribution in [0.3, 0.4) is 0 Å². The highest BCUT2D eigenvalue weighted by Crippen LogP contribution is 1.88. The zero-order valence-corrected chi connectivity index (χ0v) is 6.43. The Morgan fingerprint density at radius 1 is 0.889 bits per heavy atom. The SMILES string of the molecule is CCCCC.OCCO. The van der Waals surface area contributed by atoms with Crippen molar-refractivity contribution in [2.45, 2.75) is 33.1 Å². The van der Waals surface area contributed by atoms with Gasteiger partial charge in [0.25, 0.3) is 0 Å². The molecular weight excluding hydrogens is 116 g/mol. The van der Waals surface area contributed by atoms with Gasteiger partial charge in [0.1, 0.15) is 0 Å². The van der Waals surface area contributed by atoms with E-state index in [1.807, 2.05) is 0 Å². The van der Waals surface area contributed by atoms with Crippen LogP contribution in [0.1, 0.15) is 33.1 Å². The molecule has 0 spiro atoms. The summed E-state index contributed by atoms with van der Waals surface area (Å²) in [5, 5.41) is 15.2. The zero-order valence-electron chi connectivity index (χ0n) is 6.43. The fourth-order valence-electron chi connectivity index (χ4n) is 0.354. The Morgan fingerprint density at radius 3 is 1.22 bits per heavy atom. The van der Waals surface area contributed by atoms with Crippen LogP contribution in [0.25, 0.3) is 0 Å². The first kappa shape index (κ1) is 11.7. The highest BCUT2D eigenvalue weighted by Gasteiger charge is 1.68. The first-order valence-corrected chi connectivity index (χ1v) is 3.55. The average Bonchev–Trinajstić information content (AvgIpc) is 1.91. The second-order valence-electron chi connectivity index (χ2n) is 1.80. The highest BCUT2D eigenvalue weighted by atomic mass is 16.3.